The highest BCUT2D eigenvalue weighted by Gasteiger charge is 2.30. The summed E-state index contributed by atoms with van der Waals surface area (Å²) < 4.78 is 40.8. The zero-order valence-electron chi connectivity index (χ0n) is 14.5. The predicted octanol–water partition coefficient (Wildman–Crippen LogP) is 3.38. The van der Waals surface area contributed by atoms with E-state index in [-0.39, 0.29) is 17.3 Å². The molecule has 0 unspecified atom stereocenters. The van der Waals surface area contributed by atoms with Crippen molar-refractivity contribution >= 4 is 16.6 Å². The van der Waals surface area contributed by atoms with Gasteiger partial charge < -0.3 is 5.11 Å². The molecule has 0 bridgehead atoms. The van der Waals surface area contributed by atoms with Crippen molar-refractivity contribution in [2.75, 3.05) is 0 Å². The standard InChI is InChI=1S/C19H15F3N4O/c1-11(2)16-14-5-3-4-6-15(14)26-17(23-16)18(27)25(24-26)13-9-7-12(8-10-13)19(20,21)22/h3-11H,1-2H3. The Hall–Kier alpha value is -3.16. The topological polar surface area (TPSA) is 57.9 Å². The maximum Gasteiger partial charge on any atom is 0.416 e. The van der Waals surface area contributed by atoms with Crippen LogP contribution >= 0.6 is 0 Å². The van der Waals surface area contributed by atoms with Gasteiger partial charge in [-0.05, 0) is 36.4 Å². The average molecular weight is 372 g/mol. The van der Waals surface area contributed by atoms with Gasteiger partial charge in [-0.1, -0.05) is 26.0 Å². The molecule has 0 spiro atoms. The average Bonchev–Trinajstić information content (AvgIpc) is 2.97. The predicted molar refractivity (Wildman–Crippen MR) is 90.6 cm³/mol. The lowest BCUT2D eigenvalue weighted by Crippen LogP contribution is -2.27. The largest absolute Gasteiger partial charge is 0.842 e. The summed E-state index contributed by atoms with van der Waals surface area (Å²) in [4.78, 5) is 4.49. The molecule has 0 N–H and O–H groups in total. The van der Waals surface area contributed by atoms with Crippen LogP contribution in [0.2, 0.25) is 0 Å². The molecule has 0 aliphatic heterocycles. The number of fused-ring (bicyclic) bond motifs is 3. The molecule has 0 saturated heterocycles. The summed E-state index contributed by atoms with van der Waals surface area (Å²) in [5.74, 6) is -0.392. The first-order valence-corrected chi connectivity index (χ1v) is 8.35. The number of halogens is 3. The summed E-state index contributed by atoms with van der Waals surface area (Å²) in [5, 5.41) is 18.0. The van der Waals surface area contributed by atoms with Gasteiger partial charge in [0.2, 0.25) is 0 Å². The highest BCUT2D eigenvalue weighted by molar-refractivity contribution is 5.80. The first kappa shape index (κ1) is 17.3. The van der Waals surface area contributed by atoms with Crippen LogP contribution in [0.25, 0.3) is 22.2 Å². The van der Waals surface area contributed by atoms with E-state index in [1.54, 1.807) is 0 Å². The minimum Gasteiger partial charge on any atom is -0.842 e. The number of alkyl halides is 3. The normalized spacial score (nSPS) is 12.4. The second kappa shape index (κ2) is 5.94. The van der Waals surface area contributed by atoms with Gasteiger partial charge in [-0.3, -0.25) is 0 Å². The van der Waals surface area contributed by atoms with Gasteiger partial charge in [-0.25, -0.2) is 0 Å². The maximum atomic E-state index is 12.8. The molecular formula is C19H15F3N4O. The third kappa shape index (κ3) is 2.77. The van der Waals surface area contributed by atoms with Crippen LogP contribution in [0.3, 0.4) is 0 Å². The summed E-state index contributed by atoms with van der Waals surface area (Å²) in [5.41, 5.74) is 1.09. The van der Waals surface area contributed by atoms with E-state index in [0.29, 0.717) is 5.52 Å². The van der Waals surface area contributed by atoms with Crippen LogP contribution in [0.1, 0.15) is 31.0 Å². The van der Waals surface area contributed by atoms with Crippen LogP contribution in [0, 0.1) is 0 Å². The van der Waals surface area contributed by atoms with Crippen LogP contribution < -0.4 is 9.62 Å². The van der Waals surface area contributed by atoms with Gasteiger partial charge in [0.25, 0.3) is 0 Å². The molecule has 2 aromatic carbocycles. The van der Waals surface area contributed by atoms with Crippen molar-refractivity contribution in [1.82, 2.24) is 14.9 Å². The number of hydrogen-bond donors (Lipinski definition) is 0. The summed E-state index contributed by atoms with van der Waals surface area (Å²) in [6, 6.07) is 11.8. The van der Waals surface area contributed by atoms with Gasteiger partial charge >= 0.3 is 11.8 Å². The van der Waals surface area contributed by atoms with Gasteiger partial charge in [-0.2, -0.15) is 13.2 Å². The van der Waals surface area contributed by atoms with E-state index in [0.717, 1.165) is 27.9 Å². The van der Waals surface area contributed by atoms with Crippen LogP contribution in [-0.4, -0.2) is 14.9 Å². The highest BCUT2D eigenvalue weighted by Crippen LogP contribution is 2.30. The van der Waals surface area contributed by atoms with E-state index in [9.17, 15) is 18.3 Å². The first-order valence-electron chi connectivity index (χ1n) is 8.35. The van der Waals surface area contributed by atoms with E-state index in [2.05, 4.69) is 10.2 Å². The lowest BCUT2D eigenvalue weighted by Gasteiger charge is -2.07. The number of para-hydroxylation sites is 1. The smallest absolute Gasteiger partial charge is 0.416 e. The van der Waals surface area contributed by atoms with Crippen LogP contribution in [-0.2, 0) is 6.18 Å². The Morgan fingerprint density at radius 2 is 1.70 bits per heavy atom. The highest BCUT2D eigenvalue weighted by atomic mass is 19.4. The number of rotatable bonds is 2. The van der Waals surface area contributed by atoms with E-state index in [1.807, 2.05) is 38.1 Å². The molecule has 27 heavy (non-hydrogen) atoms. The molecule has 8 heteroatoms. The van der Waals surface area contributed by atoms with Crippen molar-refractivity contribution in [3.63, 3.8) is 0 Å². The molecule has 0 saturated carbocycles. The van der Waals surface area contributed by atoms with Crippen molar-refractivity contribution in [2.24, 2.45) is 0 Å². The van der Waals surface area contributed by atoms with Crippen LogP contribution in [0.15, 0.2) is 48.5 Å². The summed E-state index contributed by atoms with van der Waals surface area (Å²) in [6.45, 7) is 3.96. The fourth-order valence-corrected chi connectivity index (χ4v) is 3.07. The molecule has 2 aromatic heterocycles. The van der Waals surface area contributed by atoms with Crippen molar-refractivity contribution in [3.05, 3.63) is 59.8 Å². The minimum atomic E-state index is -4.44. The molecule has 4 rings (SSSR count). The van der Waals surface area contributed by atoms with E-state index in [4.69, 9.17) is 0 Å². The number of hydrogen-bond acceptors (Lipinski definition) is 3. The zero-order valence-corrected chi connectivity index (χ0v) is 14.5. The first-order chi connectivity index (χ1) is 12.8. The van der Waals surface area contributed by atoms with Gasteiger partial charge in [-0.15, -0.1) is 14.2 Å². The lowest BCUT2D eigenvalue weighted by atomic mass is 10.0. The monoisotopic (exact) mass is 372 g/mol. The molecule has 0 amide bonds. The summed E-state index contributed by atoms with van der Waals surface area (Å²) >= 11 is 0. The van der Waals surface area contributed by atoms with Gasteiger partial charge in [0.05, 0.1) is 10.9 Å². The third-order valence-electron chi connectivity index (χ3n) is 4.38. The Labute approximate surface area is 152 Å². The Balaban J connectivity index is 1.96. The van der Waals surface area contributed by atoms with Crippen molar-refractivity contribution in [2.45, 2.75) is 25.9 Å². The van der Waals surface area contributed by atoms with E-state index >= 15 is 0 Å². The van der Waals surface area contributed by atoms with Gasteiger partial charge in [0.1, 0.15) is 22.8 Å². The molecule has 0 atom stereocenters. The fraction of sp³-hybridized carbons (Fsp3) is 0.211. The summed E-state index contributed by atoms with van der Waals surface area (Å²) in [7, 11) is 0. The molecule has 0 aliphatic rings. The van der Waals surface area contributed by atoms with E-state index < -0.39 is 17.6 Å². The van der Waals surface area contributed by atoms with Gasteiger partial charge in [0.15, 0.2) is 0 Å². The Morgan fingerprint density at radius 1 is 1.04 bits per heavy atom. The molecule has 0 fully saturated rings. The fourth-order valence-electron chi connectivity index (χ4n) is 3.07. The Kier molecular flexibility index (Phi) is 3.80. The molecular weight excluding hydrogens is 357 g/mol. The van der Waals surface area contributed by atoms with Crippen molar-refractivity contribution < 1.29 is 22.8 Å². The maximum absolute atomic E-state index is 12.8. The molecule has 138 valence electrons. The summed E-state index contributed by atoms with van der Waals surface area (Å²) in [6.07, 6.45) is -4.44. The SMILES string of the molecule is CC(C)c1nc2c([O-])n(-c3ccc(C(F)(F)F)cc3)n[n+]2c2ccccc12. The van der Waals surface area contributed by atoms with Gasteiger partial charge in [0, 0.05) is 11.1 Å². The number of aromatic nitrogens is 4. The Bertz CT molecular complexity index is 1150. The Morgan fingerprint density at radius 3 is 2.33 bits per heavy atom. The minimum absolute atomic E-state index is 0.0914. The lowest BCUT2D eigenvalue weighted by molar-refractivity contribution is -0.558. The molecule has 2 heterocycles. The molecule has 0 aliphatic carbocycles. The number of nitrogens with zero attached hydrogens (tertiary/aromatic N) is 4. The quantitative estimate of drug-likeness (QED) is 0.507. The molecule has 4 aromatic rings. The van der Waals surface area contributed by atoms with Crippen molar-refractivity contribution in [3.8, 4) is 11.6 Å². The van der Waals surface area contributed by atoms with Crippen LogP contribution in [0.4, 0.5) is 13.2 Å². The zero-order chi connectivity index (χ0) is 19.3. The van der Waals surface area contributed by atoms with Crippen LogP contribution in [0.5, 0.6) is 5.88 Å². The molecule has 5 nitrogen and oxygen atoms in total. The second-order valence-electron chi connectivity index (χ2n) is 6.56. The number of benzene rings is 2. The van der Waals surface area contributed by atoms with E-state index in [1.165, 1.54) is 16.6 Å². The second-order valence-corrected chi connectivity index (χ2v) is 6.56. The van der Waals surface area contributed by atoms with Crippen molar-refractivity contribution in [1.29, 1.82) is 0 Å². The molecule has 0 radical (unpaired) electrons. The third-order valence-corrected chi connectivity index (χ3v) is 4.38.